The zero-order chi connectivity index (χ0) is 12.6. The Hall–Kier alpha value is -0.570. The molecule has 98 valence electrons. The summed E-state index contributed by atoms with van der Waals surface area (Å²) in [4.78, 5) is 12.0. The molecule has 0 spiro atoms. The maximum atomic E-state index is 12.0. The third-order valence-corrected chi connectivity index (χ3v) is 3.98. The fourth-order valence-electron chi connectivity index (χ4n) is 2.87. The van der Waals surface area contributed by atoms with Crippen molar-refractivity contribution < 1.29 is 14.3 Å². The van der Waals surface area contributed by atoms with Crippen LogP contribution >= 0.6 is 0 Å². The molecule has 2 rings (SSSR count). The first kappa shape index (κ1) is 12.9. The lowest BCUT2D eigenvalue weighted by molar-refractivity contribution is -0.154. The summed E-state index contributed by atoms with van der Waals surface area (Å²) in [5, 5.41) is 0. The number of ether oxygens (including phenoxy) is 2. The third-order valence-electron chi connectivity index (χ3n) is 3.98. The molecule has 1 saturated heterocycles. The number of epoxide rings is 1. The average Bonchev–Trinajstić information content (AvgIpc) is 2.86. The Morgan fingerprint density at radius 3 is 2.76 bits per heavy atom. The van der Waals surface area contributed by atoms with Crippen LogP contribution in [0.25, 0.3) is 0 Å². The molecule has 0 aromatic carbocycles. The fraction of sp³-hybridized carbons (Fsp3) is 0.929. The van der Waals surface area contributed by atoms with Crippen molar-refractivity contribution >= 4 is 5.97 Å². The highest BCUT2D eigenvalue weighted by atomic mass is 16.6. The molecule has 2 fully saturated rings. The second-order valence-corrected chi connectivity index (χ2v) is 6.27. The summed E-state index contributed by atoms with van der Waals surface area (Å²) in [5.41, 5.74) is 0.0837. The van der Waals surface area contributed by atoms with E-state index in [-0.39, 0.29) is 23.6 Å². The standard InChI is InChI=1S/C14H24O3/c1-9(2)7-10(3)16-13(15)11-5-6-14(4)12(8-11)17-14/h9-12H,5-8H2,1-4H3. The van der Waals surface area contributed by atoms with Crippen molar-refractivity contribution in [3.63, 3.8) is 0 Å². The van der Waals surface area contributed by atoms with Gasteiger partial charge in [-0.2, -0.15) is 0 Å². The summed E-state index contributed by atoms with van der Waals surface area (Å²) in [7, 11) is 0. The zero-order valence-corrected chi connectivity index (χ0v) is 11.4. The number of esters is 1. The Labute approximate surface area is 104 Å². The first-order chi connectivity index (χ1) is 7.90. The number of carbonyl (C=O) groups is 1. The van der Waals surface area contributed by atoms with Crippen LogP contribution in [0.15, 0.2) is 0 Å². The van der Waals surface area contributed by atoms with Crippen molar-refractivity contribution in [2.75, 3.05) is 0 Å². The van der Waals surface area contributed by atoms with Gasteiger partial charge in [0.2, 0.25) is 0 Å². The topological polar surface area (TPSA) is 38.8 Å². The minimum absolute atomic E-state index is 0.0179. The molecule has 0 amide bonds. The van der Waals surface area contributed by atoms with Gasteiger partial charge in [-0.1, -0.05) is 13.8 Å². The molecule has 0 aromatic rings. The SMILES string of the molecule is CC(C)CC(C)OC(=O)C1CCC2(C)OC2C1. The van der Waals surface area contributed by atoms with E-state index in [2.05, 4.69) is 20.8 Å². The van der Waals surface area contributed by atoms with Gasteiger partial charge in [0, 0.05) is 0 Å². The maximum absolute atomic E-state index is 12.0. The lowest BCUT2D eigenvalue weighted by Crippen LogP contribution is -2.30. The normalized spacial score (nSPS) is 37.5. The summed E-state index contributed by atoms with van der Waals surface area (Å²) < 4.78 is 11.1. The lowest BCUT2D eigenvalue weighted by Gasteiger charge is -2.23. The van der Waals surface area contributed by atoms with E-state index in [1.165, 1.54) is 0 Å². The second kappa shape index (κ2) is 4.60. The number of fused-ring (bicyclic) bond motifs is 1. The van der Waals surface area contributed by atoms with Crippen molar-refractivity contribution in [1.29, 1.82) is 0 Å². The van der Waals surface area contributed by atoms with E-state index in [0.717, 1.165) is 25.7 Å². The molecule has 0 N–H and O–H groups in total. The maximum Gasteiger partial charge on any atom is 0.309 e. The Kier molecular flexibility index (Phi) is 3.48. The van der Waals surface area contributed by atoms with Crippen molar-refractivity contribution in [1.82, 2.24) is 0 Å². The highest BCUT2D eigenvalue weighted by molar-refractivity contribution is 5.73. The van der Waals surface area contributed by atoms with Gasteiger partial charge in [-0.25, -0.2) is 0 Å². The minimum atomic E-state index is -0.0179. The number of hydrogen-bond donors (Lipinski definition) is 0. The van der Waals surface area contributed by atoms with Crippen molar-refractivity contribution in [3.05, 3.63) is 0 Å². The summed E-state index contributed by atoms with van der Waals surface area (Å²) >= 11 is 0. The molecule has 4 atom stereocenters. The Morgan fingerprint density at radius 2 is 2.18 bits per heavy atom. The molecule has 1 saturated carbocycles. The van der Waals surface area contributed by atoms with Crippen LogP contribution in [0, 0.1) is 11.8 Å². The third kappa shape index (κ3) is 3.01. The van der Waals surface area contributed by atoms with Crippen LogP contribution in [0.4, 0.5) is 0 Å². The second-order valence-electron chi connectivity index (χ2n) is 6.27. The molecule has 1 aliphatic carbocycles. The number of rotatable bonds is 4. The van der Waals surface area contributed by atoms with Crippen LogP contribution in [0.3, 0.4) is 0 Å². The molecule has 1 heterocycles. The summed E-state index contributed by atoms with van der Waals surface area (Å²) in [6.45, 7) is 8.42. The molecule has 0 radical (unpaired) electrons. The molecule has 1 aliphatic heterocycles. The van der Waals surface area contributed by atoms with Crippen molar-refractivity contribution in [2.24, 2.45) is 11.8 Å². The molecule has 0 aromatic heterocycles. The van der Waals surface area contributed by atoms with Gasteiger partial charge in [0.15, 0.2) is 0 Å². The van der Waals surface area contributed by atoms with Crippen molar-refractivity contribution in [3.8, 4) is 0 Å². The Balaban J connectivity index is 1.77. The van der Waals surface area contributed by atoms with E-state index < -0.39 is 0 Å². The number of carbonyl (C=O) groups excluding carboxylic acids is 1. The predicted octanol–water partition coefficient (Wildman–Crippen LogP) is 2.92. The summed E-state index contributed by atoms with van der Waals surface area (Å²) in [6, 6.07) is 0. The molecule has 2 aliphatic rings. The molecular weight excluding hydrogens is 216 g/mol. The van der Waals surface area contributed by atoms with Gasteiger partial charge < -0.3 is 9.47 Å². The lowest BCUT2D eigenvalue weighted by atomic mass is 9.83. The summed E-state index contributed by atoms with van der Waals surface area (Å²) in [5.74, 6) is 0.611. The highest BCUT2D eigenvalue weighted by Gasteiger charge is 2.56. The molecule has 17 heavy (non-hydrogen) atoms. The molecule has 4 unspecified atom stereocenters. The van der Waals surface area contributed by atoms with E-state index >= 15 is 0 Å². The van der Waals surface area contributed by atoms with E-state index in [1.54, 1.807) is 0 Å². The van der Waals surface area contributed by atoms with Crippen LogP contribution in [-0.2, 0) is 14.3 Å². The smallest absolute Gasteiger partial charge is 0.309 e. The van der Waals surface area contributed by atoms with E-state index in [1.807, 2.05) is 6.92 Å². The van der Waals surface area contributed by atoms with Gasteiger partial charge in [-0.15, -0.1) is 0 Å². The first-order valence-electron chi connectivity index (χ1n) is 6.79. The molecule has 3 heteroatoms. The van der Waals surface area contributed by atoms with Crippen LogP contribution in [0.5, 0.6) is 0 Å². The van der Waals surface area contributed by atoms with Gasteiger partial charge in [0.1, 0.15) is 0 Å². The first-order valence-corrected chi connectivity index (χ1v) is 6.79. The monoisotopic (exact) mass is 240 g/mol. The van der Waals surface area contributed by atoms with E-state index in [0.29, 0.717) is 12.0 Å². The highest BCUT2D eigenvalue weighted by Crippen LogP contribution is 2.49. The quantitative estimate of drug-likeness (QED) is 0.560. The van der Waals surface area contributed by atoms with Gasteiger partial charge >= 0.3 is 5.97 Å². The van der Waals surface area contributed by atoms with Gasteiger partial charge in [-0.3, -0.25) is 4.79 Å². The van der Waals surface area contributed by atoms with Crippen LogP contribution in [0.2, 0.25) is 0 Å². The van der Waals surface area contributed by atoms with Crippen LogP contribution in [-0.4, -0.2) is 23.8 Å². The largest absolute Gasteiger partial charge is 0.462 e. The average molecular weight is 240 g/mol. The molecule has 3 nitrogen and oxygen atoms in total. The van der Waals surface area contributed by atoms with Crippen LogP contribution < -0.4 is 0 Å². The molecule has 0 bridgehead atoms. The van der Waals surface area contributed by atoms with E-state index in [9.17, 15) is 4.79 Å². The minimum Gasteiger partial charge on any atom is -0.462 e. The fourth-order valence-corrected chi connectivity index (χ4v) is 2.87. The molecular formula is C14H24O3. The predicted molar refractivity (Wildman–Crippen MR) is 65.6 cm³/mol. The van der Waals surface area contributed by atoms with Crippen molar-refractivity contribution in [2.45, 2.75) is 71.2 Å². The van der Waals surface area contributed by atoms with Crippen LogP contribution in [0.1, 0.15) is 53.4 Å². The zero-order valence-electron chi connectivity index (χ0n) is 11.4. The van der Waals surface area contributed by atoms with E-state index in [4.69, 9.17) is 9.47 Å². The van der Waals surface area contributed by atoms with Gasteiger partial charge in [0.05, 0.1) is 23.7 Å². The number of hydrogen-bond acceptors (Lipinski definition) is 3. The Bertz CT molecular complexity index is 300. The van der Waals surface area contributed by atoms with Gasteiger partial charge in [0.25, 0.3) is 0 Å². The van der Waals surface area contributed by atoms with Gasteiger partial charge in [-0.05, 0) is 45.4 Å². The Morgan fingerprint density at radius 1 is 1.47 bits per heavy atom. The summed E-state index contributed by atoms with van der Waals surface area (Å²) in [6.07, 6.45) is 4.04.